The summed E-state index contributed by atoms with van der Waals surface area (Å²) in [4.78, 5) is 11.5. The van der Waals surface area contributed by atoms with Crippen molar-refractivity contribution in [3.63, 3.8) is 0 Å². The van der Waals surface area contributed by atoms with E-state index in [1.807, 2.05) is 24.4 Å². The van der Waals surface area contributed by atoms with Gasteiger partial charge in [0.25, 0.3) is 0 Å². The summed E-state index contributed by atoms with van der Waals surface area (Å²) in [6, 6.07) is 10.2. The Kier molecular flexibility index (Phi) is 4.40. The minimum Gasteiger partial charge on any atom is -0.314 e. The Morgan fingerprint density at radius 2 is 1.85 bits per heavy atom. The maximum atomic E-state index is 4.68. The van der Waals surface area contributed by atoms with E-state index >= 15 is 0 Å². The highest BCUT2D eigenvalue weighted by atomic mass is 79.9. The van der Waals surface area contributed by atoms with Crippen LogP contribution in [0.4, 0.5) is 0 Å². The number of halogens is 1. The summed E-state index contributed by atoms with van der Waals surface area (Å²) in [5.41, 5.74) is 2.11. The van der Waals surface area contributed by atoms with Crippen molar-refractivity contribution in [2.75, 3.05) is 26.2 Å². The fourth-order valence-electron chi connectivity index (χ4n) is 2.33. The lowest BCUT2D eigenvalue weighted by atomic mass is 10.1. The third-order valence-corrected chi connectivity index (χ3v) is 3.95. The molecule has 1 saturated heterocycles. The lowest BCUT2D eigenvalue weighted by molar-refractivity contribution is 0.228. The van der Waals surface area contributed by atoms with Gasteiger partial charge < -0.3 is 5.32 Å². The molecule has 0 atom stereocenters. The summed E-state index contributed by atoms with van der Waals surface area (Å²) in [5.74, 6) is 0.896. The number of hydrogen-bond acceptors (Lipinski definition) is 4. The molecule has 1 aliphatic heterocycles. The number of hydrogen-bond donors (Lipinski definition) is 1. The van der Waals surface area contributed by atoms with E-state index in [1.165, 1.54) is 0 Å². The molecule has 3 rings (SSSR count). The van der Waals surface area contributed by atoms with Crippen LogP contribution in [-0.2, 0) is 6.54 Å². The summed E-state index contributed by atoms with van der Waals surface area (Å²) in [6.45, 7) is 5.04. The predicted octanol–water partition coefficient (Wildman–Crippen LogP) is 2.31. The maximum absolute atomic E-state index is 4.68. The number of nitrogens with zero attached hydrogens (tertiary/aromatic N) is 3. The molecule has 1 fully saturated rings. The fraction of sp³-hybridized carbons (Fsp3) is 0.333. The van der Waals surface area contributed by atoms with Crippen molar-refractivity contribution in [3.8, 4) is 11.3 Å². The van der Waals surface area contributed by atoms with E-state index in [0.29, 0.717) is 0 Å². The van der Waals surface area contributed by atoms with E-state index in [0.717, 1.165) is 54.3 Å². The van der Waals surface area contributed by atoms with Gasteiger partial charge in [0.15, 0.2) is 0 Å². The van der Waals surface area contributed by atoms with Crippen LogP contribution in [0.2, 0.25) is 0 Å². The zero-order valence-electron chi connectivity index (χ0n) is 11.2. The van der Waals surface area contributed by atoms with Gasteiger partial charge in [-0.05, 0) is 18.2 Å². The molecular formula is C15H17BrN4. The molecule has 1 aromatic carbocycles. The molecule has 0 spiro atoms. The van der Waals surface area contributed by atoms with Gasteiger partial charge in [-0.15, -0.1) is 0 Å². The second-order valence-electron chi connectivity index (χ2n) is 4.89. The fourth-order valence-corrected chi connectivity index (χ4v) is 2.59. The molecule has 0 radical (unpaired) electrons. The van der Waals surface area contributed by atoms with Gasteiger partial charge in [0.05, 0.1) is 12.2 Å². The van der Waals surface area contributed by atoms with Crippen molar-refractivity contribution in [1.82, 2.24) is 20.2 Å². The van der Waals surface area contributed by atoms with Gasteiger partial charge in [-0.25, -0.2) is 9.97 Å². The van der Waals surface area contributed by atoms with Crippen molar-refractivity contribution in [1.29, 1.82) is 0 Å². The first-order valence-corrected chi connectivity index (χ1v) is 7.61. The maximum Gasteiger partial charge on any atom is 0.142 e. The van der Waals surface area contributed by atoms with E-state index in [1.54, 1.807) is 0 Å². The van der Waals surface area contributed by atoms with Gasteiger partial charge in [0.1, 0.15) is 5.82 Å². The van der Waals surface area contributed by atoms with Gasteiger partial charge in [0, 0.05) is 42.4 Å². The summed E-state index contributed by atoms with van der Waals surface area (Å²) in [6.07, 6.45) is 1.85. The van der Waals surface area contributed by atoms with E-state index in [-0.39, 0.29) is 0 Å². The first-order valence-electron chi connectivity index (χ1n) is 6.82. The molecular weight excluding hydrogens is 316 g/mol. The van der Waals surface area contributed by atoms with Crippen LogP contribution in [-0.4, -0.2) is 41.0 Å². The first-order chi connectivity index (χ1) is 9.81. The summed E-state index contributed by atoms with van der Waals surface area (Å²) in [7, 11) is 0. The van der Waals surface area contributed by atoms with Crippen molar-refractivity contribution in [3.05, 3.63) is 46.8 Å². The molecule has 0 bridgehead atoms. The van der Waals surface area contributed by atoms with Crippen LogP contribution < -0.4 is 5.32 Å². The Labute approximate surface area is 127 Å². The van der Waals surface area contributed by atoms with Crippen LogP contribution in [0, 0.1) is 0 Å². The molecule has 2 heterocycles. The first kappa shape index (κ1) is 13.7. The number of rotatable bonds is 3. The normalized spacial score (nSPS) is 16.2. The van der Waals surface area contributed by atoms with Crippen molar-refractivity contribution >= 4 is 15.9 Å². The van der Waals surface area contributed by atoms with Gasteiger partial charge in [0.2, 0.25) is 0 Å². The molecule has 1 aromatic heterocycles. The number of aromatic nitrogens is 2. The average Bonchev–Trinajstić information content (AvgIpc) is 2.49. The third kappa shape index (κ3) is 3.42. The second-order valence-corrected chi connectivity index (χ2v) is 5.81. The Hall–Kier alpha value is -1.30. The highest BCUT2D eigenvalue weighted by molar-refractivity contribution is 9.10. The molecule has 1 N–H and O–H groups in total. The van der Waals surface area contributed by atoms with Crippen LogP contribution in [0.5, 0.6) is 0 Å². The molecule has 5 heteroatoms. The van der Waals surface area contributed by atoms with Crippen LogP contribution in [0.25, 0.3) is 11.3 Å². The summed E-state index contributed by atoms with van der Waals surface area (Å²) < 4.78 is 1.08. The molecule has 0 unspecified atom stereocenters. The van der Waals surface area contributed by atoms with E-state index in [2.05, 4.69) is 48.2 Å². The Bertz CT molecular complexity index is 564. The number of nitrogens with one attached hydrogen (secondary N) is 1. The minimum atomic E-state index is 0.825. The molecule has 1 aliphatic rings. The van der Waals surface area contributed by atoms with Gasteiger partial charge in [-0.3, -0.25) is 4.90 Å². The second kappa shape index (κ2) is 6.43. The number of benzene rings is 1. The largest absolute Gasteiger partial charge is 0.314 e. The zero-order chi connectivity index (χ0) is 13.8. The molecule has 4 nitrogen and oxygen atoms in total. The van der Waals surface area contributed by atoms with E-state index in [9.17, 15) is 0 Å². The monoisotopic (exact) mass is 332 g/mol. The highest BCUT2D eigenvalue weighted by Gasteiger charge is 2.11. The van der Waals surface area contributed by atoms with Crippen molar-refractivity contribution < 1.29 is 0 Å². The minimum absolute atomic E-state index is 0.825. The van der Waals surface area contributed by atoms with Crippen molar-refractivity contribution in [2.24, 2.45) is 0 Å². The SMILES string of the molecule is Brc1ccc(-c2ccnc(CN3CCNCC3)n2)cc1. The van der Waals surface area contributed by atoms with Gasteiger partial charge in [-0.1, -0.05) is 28.1 Å². The van der Waals surface area contributed by atoms with Crippen LogP contribution in [0.3, 0.4) is 0 Å². The van der Waals surface area contributed by atoms with E-state index in [4.69, 9.17) is 0 Å². The lowest BCUT2D eigenvalue weighted by Crippen LogP contribution is -2.43. The Morgan fingerprint density at radius 3 is 2.60 bits per heavy atom. The Morgan fingerprint density at radius 1 is 1.10 bits per heavy atom. The predicted molar refractivity (Wildman–Crippen MR) is 83.3 cm³/mol. The van der Waals surface area contributed by atoms with Crippen LogP contribution in [0.15, 0.2) is 41.0 Å². The smallest absolute Gasteiger partial charge is 0.142 e. The standard InChI is InChI=1S/C15H17BrN4/c16-13-3-1-12(2-4-13)14-5-6-18-15(19-14)11-20-9-7-17-8-10-20/h1-6,17H,7-11H2. The van der Waals surface area contributed by atoms with Crippen molar-refractivity contribution in [2.45, 2.75) is 6.54 Å². The molecule has 0 amide bonds. The lowest BCUT2D eigenvalue weighted by Gasteiger charge is -2.26. The quantitative estimate of drug-likeness (QED) is 0.936. The zero-order valence-corrected chi connectivity index (χ0v) is 12.8. The van der Waals surface area contributed by atoms with Gasteiger partial charge in [-0.2, -0.15) is 0 Å². The summed E-state index contributed by atoms with van der Waals surface area (Å²) >= 11 is 3.45. The van der Waals surface area contributed by atoms with Crippen LogP contribution >= 0.6 is 15.9 Å². The number of piperazine rings is 1. The third-order valence-electron chi connectivity index (χ3n) is 3.42. The van der Waals surface area contributed by atoms with Crippen LogP contribution in [0.1, 0.15) is 5.82 Å². The van der Waals surface area contributed by atoms with Gasteiger partial charge >= 0.3 is 0 Å². The molecule has 0 aliphatic carbocycles. The average molecular weight is 333 g/mol. The Balaban J connectivity index is 1.76. The molecule has 104 valence electrons. The topological polar surface area (TPSA) is 41.1 Å². The molecule has 20 heavy (non-hydrogen) atoms. The van der Waals surface area contributed by atoms with E-state index < -0.39 is 0 Å². The summed E-state index contributed by atoms with van der Waals surface area (Å²) in [5, 5.41) is 3.36. The highest BCUT2D eigenvalue weighted by Crippen LogP contribution is 2.19. The molecule has 2 aromatic rings. The molecule has 0 saturated carbocycles.